The highest BCUT2D eigenvalue weighted by molar-refractivity contribution is 7.13. The third kappa shape index (κ3) is 3.94. The molecule has 1 amide bonds. The number of hydrogen-bond acceptors (Lipinski definition) is 5. The maximum absolute atomic E-state index is 11.5. The number of carbonyl (C=O) groups is 1. The third-order valence-electron chi connectivity index (χ3n) is 2.09. The molecule has 0 saturated heterocycles. The fourth-order valence-corrected chi connectivity index (χ4v) is 1.51. The second-order valence-corrected chi connectivity index (χ2v) is 4.23. The minimum atomic E-state index is -0.118. The summed E-state index contributed by atoms with van der Waals surface area (Å²) in [7, 11) is 1.79. The summed E-state index contributed by atoms with van der Waals surface area (Å²) in [6, 6.07) is -0.0213. The van der Waals surface area contributed by atoms with Gasteiger partial charge in [0.05, 0.1) is 13.2 Å². The van der Waals surface area contributed by atoms with E-state index in [4.69, 9.17) is 5.11 Å². The normalized spacial score (nSPS) is 12.8. The van der Waals surface area contributed by atoms with Gasteiger partial charge < -0.3 is 10.4 Å². The van der Waals surface area contributed by atoms with E-state index in [0.717, 1.165) is 0 Å². The average molecular weight is 229 g/mol. The molecule has 1 aromatic heterocycles. The van der Waals surface area contributed by atoms with E-state index in [9.17, 15) is 4.79 Å². The third-order valence-corrected chi connectivity index (χ3v) is 2.78. The molecule has 2 N–H and O–H groups in total. The van der Waals surface area contributed by atoms with Crippen LogP contribution in [0.15, 0.2) is 11.6 Å². The summed E-state index contributed by atoms with van der Waals surface area (Å²) in [6.07, 6.45) is 1.64. The van der Waals surface area contributed by atoms with Crippen LogP contribution < -0.4 is 5.32 Å². The van der Waals surface area contributed by atoms with E-state index in [0.29, 0.717) is 5.13 Å². The molecule has 0 bridgehead atoms. The van der Waals surface area contributed by atoms with Crippen LogP contribution in [0.25, 0.3) is 0 Å². The number of rotatable bonds is 5. The summed E-state index contributed by atoms with van der Waals surface area (Å²) < 4.78 is 0. The summed E-state index contributed by atoms with van der Waals surface area (Å²) >= 11 is 1.38. The molecule has 0 aliphatic carbocycles. The smallest absolute Gasteiger partial charge is 0.240 e. The molecule has 0 fully saturated rings. The van der Waals surface area contributed by atoms with Gasteiger partial charge in [-0.1, -0.05) is 0 Å². The molecule has 1 heterocycles. The number of nitrogens with one attached hydrogen (secondary N) is 1. The van der Waals surface area contributed by atoms with Gasteiger partial charge in [-0.25, -0.2) is 4.98 Å². The monoisotopic (exact) mass is 229 g/mol. The number of aliphatic hydroxyl groups excluding tert-OH is 1. The van der Waals surface area contributed by atoms with Crippen molar-refractivity contribution in [2.75, 3.05) is 25.5 Å². The number of hydrogen-bond donors (Lipinski definition) is 2. The van der Waals surface area contributed by atoms with Crippen molar-refractivity contribution in [2.45, 2.75) is 13.0 Å². The maximum Gasteiger partial charge on any atom is 0.240 e. The lowest BCUT2D eigenvalue weighted by Gasteiger charge is -2.21. The highest BCUT2D eigenvalue weighted by atomic mass is 32.1. The SMILES string of the molecule is CC(CO)N(C)CC(=O)Nc1nccs1. The average Bonchev–Trinajstić information content (AvgIpc) is 2.68. The fourth-order valence-electron chi connectivity index (χ4n) is 0.966. The molecule has 15 heavy (non-hydrogen) atoms. The van der Waals surface area contributed by atoms with E-state index in [1.165, 1.54) is 11.3 Å². The Kier molecular flexibility index (Phi) is 4.67. The van der Waals surface area contributed by atoms with Crippen molar-refractivity contribution in [1.82, 2.24) is 9.88 Å². The van der Waals surface area contributed by atoms with Crippen LogP contribution in [0.4, 0.5) is 5.13 Å². The quantitative estimate of drug-likeness (QED) is 0.767. The molecule has 0 saturated carbocycles. The molecular weight excluding hydrogens is 214 g/mol. The van der Waals surface area contributed by atoms with Crippen LogP contribution in [0.1, 0.15) is 6.92 Å². The van der Waals surface area contributed by atoms with Gasteiger partial charge in [0.15, 0.2) is 5.13 Å². The second-order valence-electron chi connectivity index (χ2n) is 3.33. The van der Waals surface area contributed by atoms with Crippen LogP contribution in [-0.2, 0) is 4.79 Å². The number of aliphatic hydroxyl groups is 1. The zero-order valence-electron chi connectivity index (χ0n) is 8.80. The first kappa shape index (κ1) is 12.1. The van der Waals surface area contributed by atoms with Gasteiger partial charge in [0.25, 0.3) is 0 Å². The second kappa shape index (κ2) is 5.79. The van der Waals surface area contributed by atoms with Gasteiger partial charge >= 0.3 is 0 Å². The van der Waals surface area contributed by atoms with Gasteiger partial charge in [0.1, 0.15) is 0 Å². The van der Waals surface area contributed by atoms with Gasteiger partial charge in [-0.05, 0) is 14.0 Å². The molecule has 0 spiro atoms. The number of anilines is 1. The molecule has 0 radical (unpaired) electrons. The number of amides is 1. The highest BCUT2D eigenvalue weighted by Gasteiger charge is 2.12. The first-order valence-corrected chi connectivity index (χ1v) is 5.52. The Morgan fingerprint density at radius 1 is 1.80 bits per heavy atom. The van der Waals surface area contributed by atoms with Crippen molar-refractivity contribution < 1.29 is 9.90 Å². The van der Waals surface area contributed by atoms with E-state index in [2.05, 4.69) is 10.3 Å². The number of aromatic nitrogens is 1. The lowest BCUT2D eigenvalue weighted by molar-refractivity contribution is -0.117. The molecule has 1 rings (SSSR count). The van der Waals surface area contributed by atoms with Crippen molar-refractivity contribution in [3.63, 3.8) is 0 Å². The van der Waals surface area contributed by atoms with Crippen LogP contribution in [0.3, 0.4) is 0 Å². The number of carbonyl (C=O) groups excluding carboxylic acids is 1. The summed E-state index contributed by atoms with van der Waals surface area (Å²) in [5, 5.41) is 14.0. The van der Waals surface area contributed by atoms with Crippen molar-refractivity contribution in [3.8, 4) is 0 Å². The van der Waals surface area contributed by atoms with Crippen LogP contribution in [-0.4, -0.2) is 47.1 Å². The summed E-state index contributed by atoms with van der Waals surface area (Å²) in [6.45, 7) is 2.15. The van der Waals surface area contributed by atoms with E-state index < -0.39 is 0 Å². The Bertz CT molecular complexity index is 302. The van der Waals surface area contributed by atoms with Gasteiger partial charge in [0, 0.05) is 17.6 Å². The molecule has 0 aliphatic rings. The molecule has 1 atom stereocenters. The van der Waals surface area contributed by atoms with Crippen molar-refractivity contribution in [2.24, 2.45) is 0 Å². The molecule has 1 unspecified atom stereocenters. The van der Waals surface area contributed by atoms with Crippen LogP contribution in [0, 0.1) is 0 Å². The predicted molar refractivity (Wildman–Crippen MR) is 59.9 cm³/mol. The van der Waals surface area contributed by atoms with Crippen molar-refractivity contribution in [1.29, 1.82) is 0 Å². The minimum Gasteiger partial charge on any atom is -0.395 e. The molecule has 0 aliphatic heterocycles. The molecule has 6 heteroatoms. The van der Waals surface area contributed by atoms with Crippen LogP contribution >= 0.6 is 11.3 Å². The minimum absolute atomic E-state index is 0.0213. The molecule has 84 valence electrons. The number of nitrogens with zero attached hydrogens (tertiary/aromatic N) is 2. The van der Waals surface area contributed by atoms with Crippen LogP contribution in [0.5, 0.6) is 0 Å². The Labute approximate surface area is 92.7 Å². The van der Waals surface area contributed by atoms with E-state index in [1.807, 2.05) is 6.92 Å². The molecular formula is C9H15N3O2S. The Balaban J connectivity index is 2.36. The van der Waals surface area contributed by atoms with Gasteiger partial charge in [-0.2, -0.15) is 0 Å². The van der Waals surface area contributed by atoms with Gasteiger partial charge in [-0.3, -0.25) is 9.69 Å². The molecule has 5 nitrogen and oxygen atoms in total. The fraction of sp³-hybridized carbons (Fsp3) is 0.556. The van der Waals surface area contributed by atoms with Gasteiger partial charge in [-0.15, -0.1) is 11.3 Å². The largest absolute Gasteiger partial charge is 0.395 e. The number of likely N-dealkylation sites (N-methyl/N-ethyl adjacent to an activating group) is 1. The maximum atomic E-state index is 11.5. The Morgan fingerprint density at radius 2 is 2.53 bits per heavy atom. The van der Waals surface area contributed by atoms with E-state index >= 15 is 0 Å². The van der Waals surface area contributed by atoms with Crippen LogP contribution in [0.2, 0.25) is 0 Å². The van der Waals surface area contributed by atoms with E-state index in [1.54, 1.807) is 23.5 Å². The Morgan fingerprint density at radius 3 is 3.07 bits per heavy atom. The lowest BCUT2D eigenvalue weighted by atomic mass is 10.3. The summed E-state index contributed by atoms with van der Waals surface area (Å²) in [5.74, 6) is -0.118. The lowest BCUT2D eigenvalue weighted by Crippen LogP contribution is -2.38. The molecule has 1 aromatic rings. The van der Waals surface area contributed by atoms with Gasteiger partial charge in [0.2, 0.25) is 5.91 Å². The summed E-state index contributed by atoms with van der Waals surface area (Å²) in [5.41, 5.74) is 0. The zero-order chi connectivity index (χ0) is 11.3. The Hall–Kier alpha value is -0.980. The van der Waals surface area contributed by atoms with Crippen molar-refractivity contribution >= 4 is 22.4 Å². The first-order valence-electron chi connectivity index (χ1n) is 4.64. The predicted octanol–water partition coefficient (Wildman–Crippen LogP) is 0.394. The van der Waals surface area contributed by atoms with E-state index in [-0.39, 0.29) is 25.1 Å². The zero-order valence-corrected chi connectivity index (χ0v) is 9.62. The molecule has 0 aromatic carbocycles. The standard InChI is InChI=1S/C9H15N3O2S/c1-7(6-13)12(2)5-8(14)11-9-10-3-4-15-9/h3-4,7,13H,5-6H2,1-2H3,(H,10,11,14). The highest BCUT2D eigenvalue weighted by Crippen LogP contribution is 2.09. The first-order chi connectivity index (χ1) is 7.13. The van der Waals surface area contributed by atoms with Crippen molar-refractivity contribution in [3.05, 3.63) is 11.6 Å². The summed E-state index contributed by atoms with van der Waals surface area (Å²) in [4.78, 5) is 17.2. The number of thiazole rings is 1. The topological polar surface area (TPSA) is 65.5 Å².